The Labute approximate surface area is 269 Å². The van der Waals surface area contributed by atoms with Crippen molar-refractivity contribution in [3.63, 3.8) is 0 Å². The topological polar surface area (TPSA) is 125 Å². The number of hydrogen-bond acceptors (Lipinski definition) is 7. The number of rotatable bonds is 12. The molecule has 0 unspecified atom stereocenters. The predicted octanol–water partition coefficient (Wildman–Crippen LogP) is 8.06. The number of unbranched alkanes of at least 4 members (excludes halogenated alkanes) is 1. The number of anilines is 1. The minimum absolute atomic E-state index is 0.0854. The molecule has 2 N–H and O–H groups in total. The second kappa shape index (κ2) is 13.6. The fourth-order valence-corrected chi connectivity index (χ4v) is 7.68. The van der Waals surface area contributed by atoms with Gasteiger partial charge >= 0.3 is 0 Å². The zero-order chi connectivity index (χ0) is 32.4. The van der Waals surface area contributed by atoms with E-state index in [9.17, 15) is 25.9 Å². The Morgan fingerprint density at radius 3 is 2.29 bits per heavy atom. The molecule has 45 heavy (non-hydrogen) atoms. The highest BCUT2D eigenvalue weighted by atomic mass is 32.2. The van der Waals surface area contributed by atoms with Crippen molar-refractivity contribution in [3.05, 3.63) is 99.8 Å². The van der Waals surface area contributed by atoms with Crippen molar-refractivity contribution in [3.8, 4) is 11.1 Å². The van der Waals surface area contributed by atoms with E-state index in [2.05, 4.69) is 37.0 Å². The van der Waals surface area contributed by atoms with E-state index in [1.165, 1.54) is 5.56 Å². The fourth-order valence-electron chi connectivity index (χ4n) is 5.40. The van der Waals surface area contributed by atoms with Gasteiger partial charge in [-0.25, -0.2) is 0 Å². The third-order valence-corrected chi connectivity index (χ3v) is 10.6. The first-order chi connectivity index (χ1) is 21.3. The maximum Gasteiger partial charge on any atom is 0.265 e. The highest BCUT2D eigenvalue weighted by molar-refractivity contribution is 8.03. The zero-order valence-corrected chi connectivity index (χ0v) is 27.9. The predicted molar refractivity (Wildman–Crippen MR) is 183 cm³/mol. The summed E-state index contributed by atoms with van der Waals surface area (Å²) in [6.45, 7) is 6.75. The monoisotopic (exact) mass is 667 g/mol. The SMILES string of the molecule is CCC(=C/c1oc2ccc(-c3ccccc3)cc2c1CCS(=O)(=O)O)/C=C1/Sc2cc(C)c(C)cc2N1CCCCS(=O)(=O)O. The van der Waals surface area contributed by atoms with Crippen LogP contribution in [0, 0.1) is 13.8 Å². The van der Waals surface area contributed by atoms with Crippen LogP contribution in [-0.4, -0.2) is 44.0 Å². The van der Waals surface area contributed by atoms with Gasteiger partial charge in [-0.1, -0.05) is 55.1 Å². The molecule has 5 rings (SSSR count). The standard InChI is InChI=1S/C34H37NO7S3/c1-4-25(21-34-35(15-8-9-16-44(36,37)38)30-18-23(2)24(3)19-33(30)43-34)20-32-28(14-17-45(39,40)41)29-22-27(12-13-31(29)42-32)26-10-6-5-7-11-26/h5-7,10-13,18-22H,4,8-9,14-17H2,1-3H3,(H,36,37,38)(H,39,40,41)/b25-20-,34-21+. The Morgan fingerprint density at radius 2 is 1.60 bits per heavy atom. The first kappa shape index (κ1) is 33.0. The lowest BCUT2D eigenvalue weighted by atomic mass is 10.0. The average molecular weight is 668 g/mol. The van der Waals surface area contributed by atoms with Gasteiger partial charge in [-0.15, -0.1) is 0 Å². The molecule has 0 spiro atoms. The highest BCUT2D eigenvalue weighted by Crippen LogP contribution is 2.48. The number of nitrogens with zero attached hydrogens (tertiary/aromatic N) is 1. The quantitative estimate of drug-likeness (QED) is 0.114. The van der Waals surface area contributed by atoms with Crippen LogP contribution in [0.15, 0.2) is 86.7 Å². The summed E-state index contributed by atoms with van der Waals surface area (Å²) in [6, 6.07) is 20.1. The fraction of sp³-hybridized carbons (Fsp3) is 0.294. The molecule has 0 saturated heterocycles. The molecule has 3 aromatic carbocycles. The Hall–Kier alpha value is -3.35. The first-order valence-electron chi connectivity index (χ1n) is 14.8. The Morgan fingerprint density at radius 1 is 0.889 bits per heavy atom. The van der Waals surface area contributed by atoms with Crippen molar-refractivity contribution < 1.29 is 30.4 Å². The van der Waals surface area contributed by atoms with Gasteiger partial charge < -0.3 is 9.32 Å². The van der Waals surface area contributed by atoms with Gasteiger partial charge in [-0.3, -0.25) is 9.11 Å². The highest BCUT2D eigenvalue weighted by Gasteiger charge is 2.26. The van der Waals surface area contributed by atoms with Crippen molar-refractivity contribution in [2.24, 2.45) is 0 Å². The van der Waals surface area contributed by atoms with Crippen molar-refractivity contribution in [2.75, 3.05) is 23.0 Å². The van der Waals surface area contributed by atoms with Gasteiger partial charge in [-0.2, -0.15) is 16.8 Å². The summed E-state index contributed by atoms with van der Waals surface area (Å²) in [5.41, 5.74) is 7.69. The van der Waals surface area contributed by atoms with Gasteiger partial charge in [-0.05, 0) is 104 Å². The normalized spacial score (nSPS) is 14.9. The Kier molecular flexibility index (Phi) is 9.95. The van der Waals surface area contributed by atoms with Crippen LogP contribution in [0.25, 0.3) is 28.2 Å². The lowest BCUT2D eigenvalue weighted by Gasteiger charge is -2.21. The number of furan rings is 1. The summed E-state index contributed by atoms with van der Waals surface area (Å²) in [4.78, 5) is 3.30. The Balaban J connectivity index is 1.54. The molecule has 238 valence electrons. The van der Waals surface area contributed by atoms with Gasteiger partial charge in [0.05, 0.1) is 22.2 Å². The third-order valence-electron chi connectivity index (χ3n) is 7.95. The lowest BCUT2D eigenvalue weighted by Crippen LogP contribution is -2.20. The lowest BCUT2D eigenvalue weighted by molar-refractivity contribution is 0.479. The molecule has 0 atom stereocenters. The van der Waals surface area contributed by atoms with E-state index in [0.29, 0.717) is 42.7 Å². The van der Waals surface area contributed by atoms with Crippen LogP contribution < -0.4 is 4.90 Å². The number of hydrogen-bond donors (Lipinski definition) is 2. The summed E-state index contributed by atoms with van der Waals surface area (Å²) in [5.74, 6) is -0.168. The van der Waals surface area contributed by atoms with Crippen molar-refractivity contribution >= 4 is 54.7 Å². The van der Waals surface area contributed by atoms with E-state index in [-0.39, 0.29) is 12.2 Å². The van der Waals surface area contributed by atoms with E-state index in [4.69, 9.17) is 4.42 Å². The van der Waals surface area contributed by atoms with Gasteiger partial charge in [0, 0.05) is 22.4 Å². The molecule has 2 heterocycles. The zero-order valence-electron chi connectivity index (χ0n) is 25.5. The number of benzene rings is 3. The van der Waals surface area contributed by atoms with Crippen LogP contribution in [0.1, 0.15) is 48.6 Å². The minimum atomic E-state index is -4.20. The van der Waals surface area contributed by atoms with E-state index in [1.807, 2.05) is 61.5 Å². The van der Waals surface area contributed by atoms with Gasteiger partial charge in [0.1, 0.15) is 11.3 Å². The summed E-state index contributed by atoms with van der Waals surface area (Å²) in [7, 11) is -8.23. The van der Waals surface area contributed by atoms with Gasteiger partial charge in [0.25, 0.3) is 20.2 Å². The maximum atomic E-state index is 11.8. The first-order valence-corrected chi connectivity index (χ1v) is 18.8. The molecule has 8 nitrogen and oxygen atoms in total. The molecule has 0 bridgehead atoms. The van der Waals surface area contributed by atoms with Crippen molar-refractivity contribution in [1.29, 1.82) is 0 Å². The van der Waals surface area contributed by atoms with Crippen LogP contribution in [-0.2, 0) is 26.7 Å². The second-order valence-electron chi connectivity index (χ2n) is 11.3. The van der Waals surface area contributed by atoms with Crippen LogP contribution >= 0.6 is 11.8 Å². The van der Waals surface area contributed by atoms with Crippen LogP contribution in [0.4, 0.5) is 5.69 Å². The van der Waals surface area contributed by atoms with Crippen LogP contribution in [0.2, 0.25) is 0 Å². The van der Waals surface area contributed by atoms with E-state index >= 15 is 0 Å². The molecule has 0 saturated carbocycles. The molecule has 1 aliphatic rings. The molecule has 1 aromatic heterocycles. The number of fused-ring (bicyclic) bond motifs is 2. The van der Waals surface area contributed by atoms with E-state index < -0.39 is 26.0 Å². The van der Waals surface area contributed by atoms with Crippen LogP contribution in [0.3, 0.4) is 0 Å². The molecular weight excluding hydrogens is 631 g/mol. The van der Waals surface area contributed by atoms with Crippen molar-refractivity contribution in [1.82, 2.24) is 0 Å². The smallest absolute Gasteiger partial charge is 0.265 e. The van der Waals surface area contributed by atoms with Gasteiger partial charge in [0.2, 0.25) is 0 Å². The molecule has 0 fully saturated rings. The second-order valence-corrected chi connectivity index (χ2v) is 15.5. The molecule has 0 aliphatic carbocycles. The van der Waals surface area contributed by atoms with Gasteiger partial charge in [0.15, 0.2) is 0 Å². The van der Waals surface area contributed by atoms with Crippen molar-refractivity contribution in [2.45, 2.75) is 51.3 Å². The number of allylic oxidation sites excluding steroid dienone is 2. The molecule has 11 heteroatoms. The molecule has 0 amide bonds. The number of aryl methyl sites for hydroxylation is 3. The van der Waals surface area contributed by atoms with E-state index in [1.54, 1.807) is 11.8 Å². The van der Waals surface area contributed by atoms with Crippen LogP contribution in [0.5, 0.6) is 0 Å². The average Bonchev–Trinajstić information content (AvgIpc) is 3.49. The minimum Gasteiger partial charge on any atom is -0.456 e. The molecule has 4 aromatic rings. The summed E-state index contributed by atoms with van der Waals surface area (Å²) in [5, 5.41) is 1.78. The number of thioether (sulfide) groups is 1. The largest absolute Gasteiger partial charge is 0.456 e. The summed E-state index contributed by atoms with van der Waals surface area (Å²) < 4.78 is 71.2. The Bertz CT molecular complexity index is 1990. The summed E-state index contributed by atoms with van der Waals surface area (Å²) in [6.07, 6.45) is 5.69. The third kappa shape index (κ3) is 8.28. The molecular formula is C34H37NO7S3. The molecule has 0 radical (unpaired) electrons. The summed E-state index contributed by atoms with van der Waals surface area (Å²) >= 11 is 1.64. The maximum absolute atomic E-state index is 11.8. The molecule has 1 aliphatic heterocycles. The van der Waals surface area contributed by atoms with E-state index in [0.717, 1.165) is 43.3 Å².